The molecule has 0 atom stereocenters. The predicted molar refractivity (Wildman–Crippen MR) is 87.0 cm³/mol. The molecule has 1 aliphatic rings. The van der Waals surface area contributed by atoms with E-state index in [0.29, 0.717) is 12.0 Å². The number of carbonyl (C=O) groups excluding carboxylic acids is 2. The van der Waals surface area contributed by atoms with E-state index in [4.69, 9.17) is 4.74 Å². The van der Waals surface area contributed by atoms with E-state index >= 15 is 0 Å². The van der Waals surface area contributed by atoms with Crippen molar-refractivity contribution in [3.8, 4) is 0 Å². The highest BCUT2D eigenvalue weighted by Gasteiger charge is 2.22. The van der Waals surface area contributed by atoms with Crippen molar-refractivity contribution in [1.29, 1.82) is 0 Å². The Morgan fingerprint density at radius 1 is 1.14 bits per heavy atom. The van der Waals surface area contributed by atoms with E-state index in [9.17, 15) is 9.59 Å². The molecule has 0 spiro atoms. The molecule has 0 amide bonds. The molecule has 3 heteroatoms. The fourth-order valence-corrected chi connectivity index (χ4v) is 2.06. The second kappa shape index (κ2) is 7.93. The maximum Gasteiger partial charge on any atom is 0.342 e. The molecule has 0 bridgehead atoms. The highest BCUT2D eigenvalue weighted by atomic mass is 16.5. The Hall–Kier alpha value is -2.68. The zero-order valence-electron chi connectivity index (χ0n) is 12.5. The maximum absolute atomic E-state index is 12.7. The summed E-state index contributed by atoms with van der Waals surface area (Å²) in [6.45, 7) is 1.95. The molecule has 1 aromatic carbocycles. The van der Waals surface area contributed by atoms with E-state index < -0.39 is 5.97 Å². The van der Waals surface area contributed by atoms with Gasteiger partial charge in [0.1, 0.15) is 5.57 Å². The second-order valence-electron chi connectivity index (χ2n) is 4.73. The molecular weight excluding hydrogens is 276 g/mol. The average Bonchev–Trinajstić information content (AvgIpc) is 2.82. The molecule has 0 heterocycles. The van der Waals surface area contributed by atoms with Crippen molar-refractivity contribution < 1.29 is 14.3 Å². The summed E-state index contributed by atoms with van der Waals surface area (Å²) in [6, 6.07) is 9.28. The average molecular weight is 294 g/mol. The summed E-state index contributed by atoms with van der Waals surface area (Å²) < 4.78 is 5.03. The lowest BCUT2D eigenvalue weighted by atomic mass is 9.98. The Kier molecular flexibility index (Phi) is 5.66. The number of ketones is 1. The largest absolute Gasteiger partial charge is 0.462 e. The van der Waals surface area contributed by atoms with Crippen molar-refractivity contribution in [1.82, 2.24) is 0 Å². The number of ether oxygens (including phenoxy) is 1. The molecule has 0 saturated heterocycles. The van der Waals surface area contributed by atoms with Crippen LogP contribution in [0, 0.1) is 0 Å². The number of Topliss-reactive ketones (excluding diaryl/α,β-unsaturated/α-hetero) is 1. The number of rotatable bonds is 5. The Morgan fingerprint density at radius 3 is 2.64 bits per heavy atom. The van der Waals surface area contributed by atoms with Crippen molar-refractivity contribution >= 4 is 17.8 Å². The predicted octanol–water partition coefficient (Wildman–Crippen LogP) is 3.64. The number of benzene rings is 1. The van der Waals surface area contributed by atoms with Crippen LogP contribution in [0.15, 0.2) is 71.9 Å². The van der Waals surface area contributed by atoms with Gasteiger partial charge in [0.05, 0.1) is 6.61 Å². The van der Waals surface area contributed by atoms with Gasteiger partial charge in [-0.1, -0.05) is 60.7 Å². The third-order valence-electron chi connectivity index (χ3n) is 3.14. The summed E-state index contributed by atoms with van der Waals surface area (Å²) in [5.74, 6) is -0.882. The Labute approximate surface area is 130 Å². The van der Waals surface area contributed by atoms with E-state index in [1.54, 1.807) is 25.2 Å². The van der Waals surface area contributed by atoms with Gasteiger partial charge < -0.3 is 4.74 Å². The fraction of sp³-hybridized carbons (Fsp3) is 0.158. The lowest BCUT2D eigenvalue weighted by molar-refractivity contribution is -0.139. The normalized spacial score (nSPS) is 14.2. The monoisotopic (exact) mass is 294 g/mol. The van der Waals surface area contributed by atoms with Crippen LogP contribution in [0.4, 0.5) is 0 Å². The van der Waals surface area contributed by atoms with Crippen LogP contribution in [0.5, 0.6) is 0 Å². The molecule has 1 aromatic rings. The summed E-state index contributed by atoms with van der Waals surface area (Å²) in [5.41, 5.74) is 1.42. The van der Waals surface area contributed by atoms with Crippen LogP contribution in [0.3, 0.4) is 0 Å². The van der Waals surface area contributed by atoms with Gasteiger partial charge in [0.25, 0.3) is 0 Å². The number of allylic oxidation sites excluding steroid dienone is 6. The quantitative estimate of drug-likeness (QED) is 0.360. The van der Waals surface area contributed by atoms with Crippen LogP contribution >= 0.6 is 0 Å². The van der Waals surface area contributed by atoms with Gasteiger partial charge in [0.15, 0.2) is 5.78 Å². The van der Waals surface area contributed by atoms with Crippen LogP contribution in [0.2, 0.25) is 0 Å². The summed E-state index contributed by atoms with van der Waals surface area (Å²) in [4.78, 5) is 24.8. The molecule has 2 rings (SSSR count). The maximum atomic E-state index is 12.7. The Bertz CT molecular complexity index is 661. The summed E-state index contributed by atoms with van der Waals surface area (Å²) in [6.07, 6.45) is 11.2. The molecule has 0 aromatic heterocycles. The molecule has 1 aliphatic carbocycles. The molecule has 0 radical (unpaired) electrons. The van der Waals surface area contributed by atoms with E-state index in [0.717, 1.165) is 5.56 Å². The van der Waals surface area contributed by atoms with E-state index in [2.05, 4.69) is 0 Å². The SMILES string of the molecule is CCOC(=O)/C(=C\c1ccccc1)C(=O)C1=CC=CC=CC1. The molecular formula is C19H18O3. The minimum atomic E-state index is -0.588. The highest BCUT2D eigenvalue weighted by molar-refractivity contribution is 6.26. The standard InChI is InChI=1S/C19H18O3/c1-2-22-19(21)17(14-15-10-6-5-7-11-15)18(20)16-12-8-3-4-9-13-16/h3-12,14H,2,13H2,1H3/b17-14-. The second-order valence-corrected chi connectivity index (χ2v) is 4.73. The van der Waals surface area contributed by atoms with Gasteiger partial charge in [-0.05, 0) is 25.0 Å². The molecule has 0 unspecified atom stereocenters. The van der Waals surface area contributed by atoms with Gasteiger partial charge in [0.2, 0.25) is 0 Å². The Balaban J connectivity index is 2.36. The first kappa shape index (κ1) is 15.7. The van der Waals surface area contributed by atoms with Crippen molar-refractivity contribution in [2.45, 2.75) is 13.3 Å². The molecule has 112 valence electrons. The topological polar surface area (TPSA) is 43.4 Å². The zero-order chi connectivity index (χ0) is 15.8. The third kappa shape index (κ3) is 4.16. The highest BCUT2D eigenvalue weighted by Crippen LogP contribution is 2.17. The number of esters is 1. The van der Waals surface area contributed by atoms with Gasteiger partial charge in [-0.2, -0.15) is 0 Å². The molecule has 3 nitrogen and oxygen atoms in total. The summed E-state index contributed by atoms with van der Waals surface area (Å²) >= 11 is 0. The van der Waals surface area contributed by atoms with Crippen LogP contribution in [0.25, 0.3) is 6.08 Å². The number of hydrogen-bond donors (Lipinski definition) is 0. The van der Waals surface area contributed by atoms with Crippen LogP contribution in [0.1, 0.15) is 18.9 Å². The lowest BCUT2D eigenvalue weighted by Gasteiger charge is -2.08. The first-order valence-corrected chi connectivity index (χ1v) is 7.23. The zero-order valence-corrected chi connectivity index (χ0v) is 12.5. The first-order valence-electron chi connectivity index (χ1n) is 7.23. The van der Waals surface area contributed by atoms with Gasteiger partial charge in [-0.15, -0.1) is 0 Å². The van der Waals surface area contributed by atoms with Crippen molar-refractivity contribution in [2.75, 3.05) is 6.61 Å². The van der Waals surface area contributed by atoms with Crippen molar-refractivity contribution in [3.05, 3.63) is 77.4 Å². The molecule has 22 heavy (non-hydrogen) atoms. The van der Waals surface area contributed by atoms with Gasteiger partial charge in [0, 0.05) is 5.57 Å². The van der Waals surface area contributed by atoms with Crippen molar-refractivity contribution in [2.24, 2.45) is 0 Å². The summed E-state index contributed by atoms with van der Waals surface area (Å²) in [5, 5.41) is 0. The van der Waals surface area contributed by atoms with Crippen LogP contribution < -0.4 is 0 Å². The number of hydrogen-bond acceptors (Lipinski definition) is 3. The smallest absolute Gasteiger partial charge is 0.342 e. The molecule has 0 fully saturated rings. The third-order valence-corrected chi connectivity index (χ3v) is 3.14. The fourth-order valence-electron chi connectivity index (χ4n) is 2.06. The van der Waals surface area contributed by atoms with Gasteiger partial charge in [-0.3, -0.25) is 4.79 Å². The van der Waals surface area contributed by atoms with Gasteiger partial charge in [-0.25, -0.2) is 4.79 Å². The summed E-state index contributed by atoms with van der Waals surface area (Å²) in [7, 11) is 0. The van der Waals surface area contributed by atoms with E-state index in [1.165, 1.54) is 0 Å². The Morgan fingerprint density at radius 2 is 1.91 bits per heavy atom. The molecule has 0 aliphatic heterocycles. The number of carbonyl (C=O) groups is 2. The van der Waals surface area contributed by atoms with E-state index in [-0.39, 0.29) is 18.0 Å². The molecule has 0 saturated carbocycles. The van der Waals surface area contributed by atoms with Crippen molar-refractivity contribution in [3.63, 3.8) is 0 Å². The lowest BCUT2D eigenvalue weighted by Crippen LogP contribution is -2.17. The van der Waals surface area contributed by atoms with Gasteiger partial charge >= 0.3 is 5.97 Å². The van der Waals surface area contributed by atoms with Crippen LogP contribution in [-0.2, 0) is 14.3 Å². The minimum absolute atomic E-state index is 0.0583. The van der Waals surface area contributed by atoms with E-state index in [1.807, 2.05) is 48.6 Å². The minimum Gasteiger partial charge on any atom is -0.462 e. The molecule has 0 N–H and O–H groups in total. The van der Waals surface area contributed by atoms with Crippen LogP contribution in [-0.4, -0.2) is 18.4 Å². The first-order chi connectivity index (χ1) is 10.7.